The molecule has 0 aliphatic heterocycles. The zero-order valence-electron chi connectivity index (χ0n) is 15.1. The van der Waals surface area contributed by atoms with E-state index in [0.717, 1.165) is 22.5 Å². The SMILES string of the molecule is COc1ccc(-c2cn3ccccc3n2)cc1NC(=O)c1cccc(C)c1. The van der Waals surface area contributed by atoms with Gasteiger partial charge in [0.1, 0.15) is 11.4 Å². The summed E-state index contributed by atoms with van der Waals surface area (Å²) < 4.78 is 7.38. The number of carbonyl (C=O) groups is 1. The Bertz CT molecular complexity index is 1100. The van der Waals surface area contributed by atoms with Crippen LogP contribution in [-0.2, 0) is 0 Å². The van der Waals surface area contributed by atoms with Gasteiger partial charge in [-0.1, -0.05) is 23.8 Å². The van der Waals surface area contributed by atoms with Crippen molar-refractivity contribution in [2.24, 2.45) is 0 Å². The van der Waals surface area contributed by atoms with Gasteiger partial charge in [-0.3, -0.25) is 4.79 Å². The number of rotatable bonds is 4. The molecule has 2 aromatic carbocycles. The molecule has 5 heteroatoms. The maximum atomic E-state index is 12.6. The summed E-state index contributed by atoms with van der Waals surface area (Å²) in [5.41, 5.74) is 4.85. The third-order valence-corrected chi connectivity index (χ3v) is 4.39. The molecule has 2 aromatic heterocycles. The Hall–Kier alpha value is -3.60. The predicted octanol–water partition coefficient (Wildman–Crippen LogP) is 4.57. The highest BCUT2D eigenvalue weighted by Gasteiger charge is 2.13. The van der Waals surface area contributed by atoms with Crippen LogP contribution < -0.4 is 10.1 Å². The second-order valence-corrected chi connectivity index (χ2v) is 6.33. The predicted molar refractivity (Wildman–Crippen MR) is 106 cm³/mol. The van der Waals surface area contributed by atoms with Crippen LogP contribution in [0.15, 0.2) is 73.1 Å². The lowest BCUT2D eigenvalue weighted by atomic mass is 10.1. The average Bonchev–Trinajstić information content (AvgIpc) is 3.12. The van der Waals surface area contributed by atoms with Crippen molar-refractivity contribution in [2.45, 2.75) is 6.92 Å². The Kier molecular flexibility index (Phi) is 4.34. The van der Waals surface area contributed by atoms with Gasteiger partial charge in [0.2, 0.25) is 0 Å². The fourth-order valence-corrected chi connectivity index (χ4v) is 3.02. The first-order valence-electron chi connectivity index (χ1n) is 8.64. The van der Waals surface area contributed by atoms with E-state index in [1.807, 2.05) is 78.3 Å². The van der Waals surface area contributed by atoms with Crippen LogP contribution in [0.25, 0.3) is 16.9 Å². The van der Waals surface area contributed by atoms with E-state index in [9.17, 15) is 4.79 Å². The number of nitrogens with one attached hydrogen (secondary N) is 1. The summed E-state index contributed by atoms with van der Waals surface area (Å²) in [4.78, 5) is 17.3. The zero-order valence-corrected chi connectivity index (χ0v) is 15.1. The number of imidazole rings is 1. The lowest BCUT2D eigenvalue weighted by molar-refractivity contribution is 0.102. The fraction of sp³-hybridized carbons (Fsp3) is 0.0909. The number of hydrogen-bond donors (Lipinski definition) is 1. The molecule has 0 aliphatic rings. The van der Waals surface area contributed by atoms with E-state index >= 15 is 0 Å². The summed E-state index contributed by atoms with van der Waals surface area (Å²) in [5, 5.41) is 2.95. The number of amides is 1. The summed E-state index contributed by atoms with van der Waals surface area (Å²) in [6, 6.07) is 19.0. The van der Waals surface area contributed by atoms with Crippen LogP contribution in [0.2, 0.25) is 0 Å². The van der Waals surface area contributed by atoms with Crippen molar-refractivity contribution in [1.82, 2.24) is 9.38 Å². The highest BCUT2D eigenvalue weighted by Crippen LogP contribution is 2.31. The first-order valence-corrected chi connectivity index (χ1v) is 8.64. The van der Waals surface area contributed by atoms with Crippen LogP contribution in [0.1, 0.15) is 15.9 Å². The van der Waals surface area contributed by atoms with Crippen LogP contribution in [0, 0.1) is 6.92 Å². The molecule has 5 nitrogen and oxygen atoms in total. The van der Waals surface area contributed by atoms with E-state index < -0.39 is 0 Å². The first-order chi connectivity index (χ1) is 13.1. The Labute approximate surface area is 157 Å². The average molecular weight is 357 g/mol. The molecule has 0 bridgehead atoms. The Morgan fingerprint density at radius 3 is 2.74 bits per heavy atom. The number of hydrogen-bond acceptors (Lipinski definition) is 3. The molecule has 134 valence electrons. The molecule has 1 amide bonds. The number of ether oxygens (including phenoxy) is 1. The van der Waals surface area contributed by atoms with E-state index in [1.165, 1.54) is 0 Å². The molecular formula is C22H19N3O2. The maximum absolute atomic E-state index is 12.6. The largest absolute Gasteiger partial charge is 0.495 e. The molecule has 0 saturated carbocycles. The summed E-state index contributed by atoms with van der Waals surface area (Å²) in [6.45, 7) is 1.96. The number of methoxy groups -OCH3 is 1. The lowest BCUT2D eigenvalue weighted by Crippen LogP contribution is -2.12. The normalized spacial score (nSPS) is 10.7. The smallest absolute Gasteiger partial charge is 0.255 e. The van der Waals surface area contributed by atoms with E-state index in [0.29, 0.717) is 17.0 Å². The van der Waals surface area contributed by atoms with Crippen LogP contribution >= 0.6 is 0 Å². The Morgan fingerprint density at radius 1 is 1.07 bits per heavy atom. The summed E-state index contributed by atoms with van der Waals surface area (Å²) >= 11 is 0. The minimum Gasteiger partial charge on any atom is -0.495 e. The number of carbonyl (C=O) groups excluding carboxylic acids is 1. The van der Waals surface area contributed by atoms with Gasteiger partial charge in [0.05, 0.1) is 18.5 Å². The highest BCUT2D eigenvalue weighted by molar-refractivity contribution is 6.05. The van der Waals surface area contributed by atoms with Crippen molar-refractivity contribution in [3.63, 3.8) is 0 Å². The molecule has 4 aromatic rings. The number of anilines is 1. The first kappa shape index (κ1) is 16.8. The van der Waals surface area contributed by atoms with Gasteiger partial charge in [-0.15, -0.1) is 0 Å². The molecule has 1 N–H and O–H groups in total. The summed E-state index contributed by atoms with van der Waals surface area (Å²) in [7, 11) is 1.59. The standard InChI is InChI=1S/C22H19N3O2/c1-15-6-5-7-17(12-15)22(26)24-18-13-16(9-10-20(18)27-2)19-14-25-11-4-3-8-21(25)23-19/h3-14H,1-2H3,(H,24,26). The van der Waals surface area contributed by atoms with Gasteiger partial charge in [-0.2, -0.15) is 0 Å². The van der Waals surface area contributed by atoms with Crippen LogP contribution in [0.3, 0.4) is 0 Å². The molecule has 27 heavy (non-hydrogen) atoms. The van der Waals surface area contributed by atoms with Crippen molar-refractivity contribution in [3.8, 4) is 17.0 Å². The monoisotopic (exact) mass is 357 g/mol. The second kappa shape index (κ2) is 6.96. The minimum atomic E-state index is -0.177. The minimum absolute atomic E-state index is 0.177. The number of pyridine rings is 1. The van der Waals surface area contributed by atoms with E-state index in [4.69, 9.17) is 4.74 Å². The number of aromatic nitrogens is 2. The van der Waals surface area contributed by atoms with Gasteiger partial charge in [0.25, 0.3) is 5.91 Å². The highest BCUT2D eigenvalue weighted by atomic mass is 16.5. The van der Waals surface area contributed by atoms with Crippen molar-refractivity contribution in [1.29, 1.82) is 0 Å². The number of aryl methyl sites for hydroxylation is 1. The Balaban J connectivity index is 1.69. The van der Waals surface area contributed by atoms with Crippen molar-refractivity contribution in [3.05, 3.63) is 84.2 Å². The van der Waals surface area contributed by atoms with Crippen molar-refractivity contribution in [2.75, 3.05) is 12.4 Å². The molecular weight excluding hydrogens is 338 g/mol. The van der Waals surface area contributed by atoms with E-state index in [1.54, 1.807) is 13.2 Å². The third kappa shape index (κ3) is 3.40. The second-order valence-electron chi connectivity index (χ2n) is 6.33. The summed E-state index contributed by atoms with van der Waals surface area (Å²) in [6.07, 6.45) is 3.92. The van der Waals surface area contributed by atoms with Gasteiger partial charge in [-0.05, 0) is 49.4 Å². The topological polar surface area (TPSA) is 55.6 Å². The molecule has 0 radical (unpaired) electrons. The molecule has 0 saturated heterocycles. The van der Waals surface area contributed by atoms with E-state index in [2.05, 4.69) is 10.3 Å². The zero-order chi connectivity index (χ0) is 18.8. The number of fused-ring (bicyclic) bond motifs is 1. The molecule has 4 rings (SSSR count). The molecule has 0 atom stereocenters. The molecule has 0 aliphatic carbocycles. The van der Waals surface area contributed by atoms with Gasteiger partial charge >= 0.3 is 0 Å². The van der Waals surface area contributed by atoms with E-state index in [-0.39, 0.29) is 5.91 Å². The molecule has 2 heterocycles. The van der Waals surface area contributed by atoms with Gasteiger partial charge in [0, 0.05) is 23.5 Å². The molecule has 0 fully saturated rings. The van der Waals surface area contributed by atoms with Crippen LogP contribution in [0.5, 0.6) is 5.75 Å². The van der Waals surface area contributed by atoms with Gasteiger partial charge in [0.15, 0.2) is 0 Å². The van der Waals surface area contributed by atoms with Gasteiger partial charge < -0.3 is 14.5 Å². The lowest BCUT2D eigenvalue weighted by Gasteiger charge is -2.12. The molecule has 0 unspecified atom stereocenters. The molecule has 0 spiro atoms. The fourth-order valence-electron chi connectivity index (χ4n) is 3.02. The van der Waals surface area contributed by atoms with Crippen molar-refractivity contribution < 1.29 is 9.53 Å². The number of nitrogens with zero attached hydrogens (tertiary/aromatic N) is 2. The van der Waals surface area contributed by atoms with Crippen LogP contribution in [0.4, 0.5) is 5.69 Å². The third-order valence-electron chi connectivity index (χ3n) is 4.39. The number of benzene rings is 2. The maximum Gasteiger partial charge on any atom is 0.255 e. The Morgan fingerprint density at radius 2 is 1.96 bits per heavy atom. The summed E-state index contributed by atoms with van der Waals surface area (Å²) in [5.74, 6) is 0.424. The van der Waals surface area contributed by atoms with Crippen LogP contribution in [-0.4, -0.2) is 22.4 Å². The quantitative estimate of drug-likeness (QED) is 0.582. The van der Waals surface area contributed by atoms with Gasteiger partial charge in [-0.25, -0.2) is 4.98 Å². The van der Waals surface area contributed by atoms with Crippen molar-refractivity contribution >= 4 is 17.2 Å².